The summed E-state index contributed by atoms with van der Waals surface area (Å²) >= 11 is 0. The van der Waals surface area contributed by atoms with Crippen molar-refractivity contribution in [1.29, 1.82) is 0 Å². The predicted molar refractivity (Wildman–Crippen MR) is 157 cm³/mol. The van der Waals surface area contributed by atoms with Gasteiger partial charge in [0, 0.05) is 6.42 Å². The van der Waals surface area contributed by atoms with E-state index in [2.05, 4.69) is 10.6 Å². The molecule has 2 N–H and O–H groups in total. The summed E-state index contributed by atoms with van der Waals surface area (Å²) < 4.78 is 12.4. The lowest BCUT2D eigenvalue weighted by Crippen LogP contribution is -2.44. The predicted octanol–water partition coefficient (Wildman–Crippen LogP) is 4.06. The van der Waals surface area contributed by atoms with Crippen molar-refractivity contribution in [3.8, 4) is 11.3 Å². The molecule has 42 heavy (non-hydrogen) atoms. The number of nitrogens with zero attached hydrogens (tertiary/aromatic N) is 1. The van der Waals surface area contributed by atoms with Crippen LogP contribution in [0.4, 0.5) is 5.69 Å². The van der Waals surface area contributed by atoms with E-state index in [4.69, 9.17) is 9.47 Å². The van der Waals surface area contributed by atoms with Crippen LogP contribution in [0, 0.1) is 0 Å². The van der Waals surface area contributed by atoms with Gasteiger partial charge in [-0.05, 0) is 35.2 Å². The minimum atomic E-state index is -0.956. The van der Waals surface area contributed by atoms with E-state index in [9.17, 15) is 19.2 Å². The summed E-state index contributed by atoms with van der Waals surface area (Å²) in [6.45, 7) is -0.137. The van der Waals surface area contributed by atoms with Crippen LogP contribution in [0.3, 0.4) is 0 Å². The van der Waals surface area contributed by atoms with Crippen LogP contribution in [0.25, 0.3) is 11.3 Å². The van der Waals surface area contributed by atoms with Crippen molar-refractivity contribution in [2.75, 3.05) is 5.32 Å². The van der Waals surface area contributed by atoms with E-state index in [0.29, 0.717) is 12.1 Å². The summed E-state index contributed by atoms with van der Waals surface area (Å²) in [7, 11) is 0. The zero-order chi connectivity index (χ0) is 29.3. The molecule has 5 rings (SSSR count). The number of rotatable bonds is 11. The topological polar surface area (TPSA) is 116 Å². The molecule has 2 amide bonds. The van der Waals surface area contributed by atoms with E-state index in [1.54, 1.807) is 12.1 Å². The van der Waals surface area contributed by atoms with Crippen LogP contribution in [-0.2, 0) is 43.4 Å². The number of hydrogen-bond acceptors (Lipinski definition) is 6. The summed E-state index contributed by atoms with van der Waals surface area (Å²) in [5, 5.41) is 5.49. The van der Waals surface area contributed by atoms with Crippen LogP contribution < -0.4 is 16.2 Å². The summed E-state index contributed by atoms with van der Waals surface area (Å²) in [5.41, 5.74) is 2.70. The van der Waals surface area contributed by atoms with E-state index < -0.39 is 29.8 Å². The number of hydrogen-bond donors (Lipinski definition) is 2. The summed E-state index contributed by atoms with van der Waals surface area (Å²) in [6.07, 6.45) is -0.281. The highest BCUT2D eigenvalue weighted by molar-refractivity contribution is 5.91. The lowest BCUT2D eigenvalue weighted by atomic mass is 10.1. The van der Waals surface area contributed by atoms with E-state index in [1.807, 2.05) is 91.0 Å². The van der Waals surface area contributed by atoms with Crippen LogP contribution in [-0.4, -0.2) is 34.7 Å². The first kappa shape index (κ1) is 28.5. The largest absolute Gasteiger partial charge is 0.433 e. The standard InChI is InChI=1S/C33H31N3O6/c37-29(19-16-23-10-4-1-5-11-23)34-26-17-18-28(25-14-8-3-9-15-25)36(32(26)40)21-30(38)35-27-20-31(39)42-33(27)41-22-24-12-6-2-7-13-24/h1-15,17-18,27,33H,16,19-22H2,(H,34,37)(H,35,38). The minimum Gasteiger partial charge on any atom is -0.433 e. The number of esters is 1. The van der Waals surface area contributed by atoms with E-state index in [0.717, 1.165) is 16.7 Å². The molecule has 2 unspecified atom stereocenters. The molecule has 0 radical (unpaired) electrons. The highest BCUT2D eigenvalue weighted by Crippen LogP contribution is 2.21. The van der Waals surface area contributed by atoms with Gasteiger partial charge in [-0.2, -0.15) is 0 Å². The third-order valence-corrected chi connectivity index (χ3v) is 6.87. The molecule has 9 heteroatoms. The number of benzene rings is 3. The molecule has 214 valence electrons. The molecule has 0 aliphatic carbocycles. The Bertz CT molecular complexity index is 1590. The number of nitrogens with one attached hydrogen (secondary N) is 2. The number of amides is 2. The molecule has 2 heterocycles. The van der Waals surface area contributed by atoms with Crippen molar-refractivity contribution in [2.24, 2.45) is 0 Å². The minimum absolute atomic E-state index is 0.0524. The first-order valence-corrected chi connectivity index (χ1v) is 13.7. The zero-order valence-corrected chi connectivity index (χ0v) is 22.9. The van der Waals surface area contributed by atoms with Gasteiger partial charge in [-0.1, -0.05) is 91.0 Å². The molecular weight excluding hydrogens is 534 g/mol. The maximum Gasteiger partial charge on any atom is 0.310 e. The maximum atomic E-state index is 13.6. The Morgan fingerprint density at radius 1 is 0.810 bits per heavy atom. The third-order valence-electron chi connectivity index (χ3n) is 6.87. The Morgan fingerprint density at radius 2 is 1.45 bits per heavy atom. The van der Waals surface area contributed by atoms with Crippen molar-refractivity contribution in [3.05, 3.63) is 125 Å². The molecular formula is C33H31N3O6. The smallest absolute Gasteiger partial charge is 0.310 e. The number of pyridine rings is 1. The second kappa shape index (κ2) is 13.6. The van der Waals surface area contributed by atoms with Gasteiger partial charge >= 0.3 is 5.97 Å². The fourth-order valence-electron chi connectivity index (χ4n) is 4.76. The highest BCUT2D eigenvalue weighted by Gasteiger charge is 2.37. The normalized spacial score (nSPS) is 16.0. The molecule has 1 aliphatic heterocycles. The molecule has 1 aliphatic rings. The van der Waals surface area contributed by atoms with Crippen molar-refractivity contribution in [1.82, 2.24) is 9.88 Å². The third kappa shape index (κ3) is 7.38. The monoisotopic (exact) mass is 565 g/mol. The summed E-state index contributed by atoms with van der Waals surface area (Å²) in [5.74, 6) is -1.29. The second-order valence-electron chi connectivity index (χ2n) is 9.96. The summed E-state index contributed by atoms with van der Waals surface area (Å²) in [6, 6.07) is 30.7. The quantitative estimate of drug-likeness (QED) is 0.265. The molecule has 1 aromatic heterocycles. The molecule has 2 atom stereocenters. The van der Waals surface area contributed by atoms with E-state index >= 15 is 0 Å². The SMILES string of the molecule is O=C(CCc1ccccc1)Nc1ccc(-c2ccccc2)n(CC(=O)NC2CC(=O)OC2OCc2ccccc2)c1=O. The van der Waals surface area contributed by atoms with Gasteiger partial charge in [-0.3, -0.25) is 23.7 Å². The Hall–Kier alpha value is -5.02. The van der Waals surface area contributed by atoms with Gasteiger partial charge in [-0.25, -0.2) is 0 Å². The van der Waals surface area contributed by atoms with Crippen LogP contribution in [0.15, 0.2) is 108 Å². The van der Waals surface area contributed by atoms with Gasteiger partial charge in [0.05, 0.1) is 18.7 Å². The van der Waals surface area contributed by atoms with Crippen molar-refractivity contribution in [2.45, 2.75) is 44.7 Å². The van der Waals surface area contributed by atoms with Gasteiger partial charge in [0.25, 0.3) is 5.56 Å². The lowest BCUT2D eigenvalue weighted by molar-refractivity contribution is -0.168. The fraction of sp³-hybridized carbons (Fsp3) is 0.212. The zero-order valence-electron chi connectivity index (χ0n) is 22.9. The number of anilines is 1. The van der Waals surface area contributed by atoms with Crippen LogP contribution >= 0.6 is 0 Å². The number of ether oxygens (including phenoxy) is 2. The van der Waals surface area contributed by atoms with Gasteiger partial charge in [0.15, 0.2) is 0 Å². The van der Waals surface area contributed by atoms with E-state index in [1.165, 1.54) is 4.57 Å². The number of cyclic esters (lactones) is 1. The van der Waals surface area contributed by atoms with Crippen molar-refractivity contribution in [3.63, 3.8) is 0 Å². The summed E-state index contributed by atoms with van der Waals surface area (Å²) in [4.78, 5) is 51.6. The Morgan fingerprint density at radius 3 is 2.14 bits per heavy atom. The molecule has 1 saturated heterocycles. The Balaban J connectivity index is 1.31. The van der Waals surface area contributed by atoms with Gasteiger partial charge in [-0.15, -0.1) is 0 Å². The van der Waals surface area contributed by atoms with Crippen LogP contribution in [0.2, 0.25) is 0 Å². The molecule has 3 aromatic carbocycles. The molecule has 0 spiro atoms. The van der Waals surface area contributed by atoms with E-state index in [-0.39, 0.29) is 37.6 Å². The lowest BCUT2D eigenvalue weighted by Gasteiger charge is -2.20. The maximum absolute atomic E-state index is 13.6. The van der Waals surface area contributed by atoms with Gasteiger partial charge < -0.3 is 20.1 Å². The van der Waals surface area contributed by atoms with Gasteiger partial charge in [0.2, 0.25) is 18.1 Å². The average molecular weight is 566 g/mol. The number of carbonyl (C=O) groups excluding carboxylic acids is 3. The molecule has 4 aromatic rings. The Labute approximate surface area is 243 Å². The number of aromatic nitrogens is 1. The Kier molecular flexibility index (Phi) is 9.20. The number of aryl methyl sites for hydroxylation is 1. The average Bonchev–Trinajstić information content (AvgIpc) is 3.36. The molecule has 9 nitrogen and oxygen atoms in total. The fourth-order valence-corrected chi connectivity index (χ4v) is 4.76. The first-order chi connectivity index (χ1) is 20.5. The van der Waals surface area contributed by atoms with Crippen molar-refractivity contribution >= 4 is 23.5 Å². The highest BCUT2D eigenvalue weighted by atomic mass is 16.7. The van der Waals surface area contributed by atoms with Crippen molar-refractivity contribution < 1.29 is 23.9 Å². The van der Waals surface area contributed by atoms with Crippen LogP contribution in [0.1, 0.15) is 24.0 Å². The van der Waals surface area contributed by atoms with Gasteiger partial charge in [0.1, 0.15) is 18.3 Å². The molecule has 1 fully saturated rings. The van der Waals surface area contributed by atoms with Crippen LogP contribution in [0.5, 0.6) is 0 Å². The molecule has 0 bridgehead atoms. The first-order valence-electron chi connectivity index (χ1n) is 13.7. The number of carbonyl (C=O) groups is 3. The molecule has 0 saturated carbocycles. The second-order valence-corrected chi connectivity index (χ2v) is 9.96.